The molecule has 1 N–H and O–H groups in total. The van der Waals surface area contributed by atoms with Gasteiger partial charge in [0.1, 0.15) is 0 Å². The third kappa shape index (κ3) is 3.78. The first-order valence-corrected chi connectivity index (χ1v) is 7.30. The van der Waals surface area contributed by atoms with Crippen molar-refractivity contribution in [3.63, 3.8) is 0 Å². The summed E-state index contributed by atoms with van der Waals surface area (Å²) in [6, 6.07) is 6.01. The van der Waals surface area contributed by atoms with E-state index in [9.17, 15) is 4.79 Å². The van der Waals surface area contributed by atoms with Crippen molar-refractivity contribution in [3.05, 3.63) is 39.3 Å². The molecule has 0 aliphatic rings. The van der Waals surface area contributed by atoms with Crippen molar-refractivity contribution < 1.29 is 9.53 Å². The largest absolute Gasteiger partial charge is 0.469 e. The average molecular weight is 341 g/mol. The number of nitrogens with one attached hydrogen (secondary N) is 1. The van der Waals surface area contributed by atoms with Crippen LogP contribution in [0.25, 0.3) is 0 Å². The van der Waals surface area contributed by atoms with Crippen LogP contribution in [0.1, 0.15) is 11.3 Å². The number of anilines is 2. The van der Waals surface area contributed by atoms with Crippen LogP contribution in [-0.4, -0.2) is 18.1 Å². The summed E-state index contributed by atoms with van der Waals surface area (Å²) >= 11 is 4.90. The van der Waals surface area contributed by atoms with Crippen molar-refractivity contribution in [1.82, 2.24) is 4.98 Å². The number of benzene rings is 1. The molecule has 0 amide bonds. The Morgan fingerprint density at radius 3 is 3.05 bits per heavy atom. The molecule has 0 saturated heterocycles. The number of hydrogen-bond donors (Lipinski definition) is 1. The lowest BCUT2D eigenvalue weighted by Gasteiger charge is -2.06. The Balaban J connectivity index is 2.11. The first-order valence-electron chi connectivity index (χ1n) is 5.63. The molecule has 1 aromatic carbocycles. The minimum absolute atomic E-state index is 0.201. The summed E-state index contributed by atoms with van der Waals surface area (Å²) < 4.78 is 5.62. The number of methoxy groups -OCH3 is 1. The monoisotopic (exact) mass is 340 g/mol. The normalized spacial score (nSPS) is 10.3. The van der Waals surface area contributed by atoms with E-state index in [1.807, 2.05) is 30.5 Å². The summed E-state index contributed by atoms with van der Waals surface area (Å²) in [7, 11) is 1.37. The van der Waals surface area contributed by atoms with Crippen molar-refractivity contribution >= 4 is 44.1 Å². The molecular weight excluding hydrogens is 328 g/mol. The minimum Gasteiger partial charge on any atom is -0.469 e. The van der Waals surface area contributed by atoms with E-state index in [1.54, 1.807) is 0 Å². The number of nitrogens with zero attached hydrogens (tertiary/aromatic N) is 1. The van der Waals surface area contributed by atoms with E-state index in [-0.39, 0.29) is 12.4 Å². The number of rotatable bonds is 4. The fourth-order valence-corrected chi connectivity index (χ4v) is 2.59. The molecule has 19 heavy (non-hydrogen) atoms. The molecule has 0 unspecified atom stereocenters. The van der Waals surface area contributed by atoms with E-state index in [1.165, 1.54) is 18.4 Å². The molecule has 0 spiro atoms. The number of aryl methyl sites for hydroxylation is 1. The Morgan fingerprint density at radius 1 is 1.53 bits per heavy atom. The second kappa shape index (κ2) is 6.16. The molecule has 0 atom stereocenters. The number of ether oxygens (including phenoxy) is 1. The average Bonchev–Trinajstić information content (AvgIpc) is 2.81. The zero-order valence-electron chi connectivity index (χ0n) is 10.6. The number of hydrogen-bond acceptors (Lipinski definition) is 5. The summed E-state index contributed by atoms with van der Waals surface area (Å²) in [5.41, 5.74) is 2.84. The van der Waals surface area contributed by atoms with Crippen LogP contribution in [0, 0.1) is 6.92 Å². The highest BCUT2D eigenvalue weighted by Crippen LogP contribution is 2.26. The SMILES string of the molecule is COC(=O)Cc1csc(Nc2cc(Br)ccc2C)n1. The number of thiazole rings is 1. The lowest BCUT2D eigenvalue weighted by Crippen LogP contribution is -2.04. The maximum absolute atomic E-state index is 11.2. The Kier molecular flexibility index (Phi) is 4.55. The van der Waals surface area contributed by atoms with Crippen molar-refractivity contribution in [3.8, 4) is 0 Å². The fourth-order valence-electron chi connectivity index (χ4n) is 1.51. The quantitative estimate of drug-likeness (QED) is 0.862. The minimum atomic E-state index is -0.282. The van der Waals surface area contributed by atoms with E-state index in [4.69, 9.17) is 0 Å². The molecular formula is C13H13BrN2O2S. The van der Waals surface area contributed by atoms with Crippen LogP contribution < -0.4 is 5.32 Å². The molecule has 2 aromatic rings. The number of carbonyl (C=O) groups is 1. The Bertz CT molecular complexity index is 598. The van der Waals surface area contributed by atoms with Crippen LogP contribution in [0.5, 0.6) is 0 Å². The van der Waals surface area contributed by atoms with Crippen LogP contribution in [0.4, 0.5) is 10.8 Å². The molecule has 4 nitrogen and oxygen atoms in total. The predicted molar refractivity (Wildman–Crippen MR) is 80.0 cm³/mol. The van der Waals surface area contributed by atoms with Crippen LogP contribution >= 0.6 is 27.3 Å². The van der Waals surface area contributed by atoms with Crippen LogP contribution in [0.15, 0.2) is 28.1 Å². The fraction of sp³-hybridized carbons (Fsp3) is 0.231. The summed E-state index contributed by atoms with van der Waals surface area (Å²) in [6.45, 7) is 2.03. The number of carbonyl (C=O) groups excluding carboxylic acids is 1. The molecule has 1 aromatic heterocycles. The standard InChI is InChI=1S/C13H13BrN2O2S/c1-8-3-4-9(14)5-11(8)16-13-15-10(7-19-13)6-12(17)18-2/h3-5,7H,6H2,1-2H3,(H,15,16). The molecule has 1 heterocycles. The first kappa shape index (κ1) is 14.0. The van der Waals surface area contributed by atoms with Gasteiger partial charge in [-0.15, -0.1) is 11.3 Å². The predicted octanol–water partition coefficient (Wildman–Crippen LogP) is 3.67. The number of aromatic nitrogens is 1. The van der Waals surface area contributed by atoms with Gasteiger partial charge in [-0.25, -0.2) is 4.98 Å². The zero-order chi connectivity index (χ0) is 13.8. The Morgan fingerprint density at radius 2 is 2.32 bits per heavy atom. The van der Waals surface area contributed by atoms with Crippen molar-refractivity contribution in [2.24, 2.45) is 0 Å². The van der Waals surface area contributed by atoms with E-state index >= 15 is 0 Å². The Hall–Kier alpha value is -1.40. The molecule has 0 bridgehead atoms. The molecule has 6 heteroatoms. The first-order chi connectivity index (χ1) is 9.08. The summed E-state index contributed by atoms with van der Waals surface area (Å²) in [5, 5.41) is 5.87. The maximum Gasteiger partial charge on any atom is 0.311 e. The smallest absolute Gasteiger partial charge is 0.311 e. The van der Waals surface area contributed by atoms with Gasteiger partial charge in [0, 0.05) is 15.5 Å². The summed E-state index contributed by atoms with van der Waals surface area (Å²) in [6.07, 6.45) is 0.201. The lowest BCUT2D eigenvalue weighted by molar-refractivity contribution is -0.139. The van der Waals surface area contributed by atoms with Gasteiger partial charge >= 0.3 is 5.97 Å². The van der Waals surface area contributed by atoms with E-state index in [2.05, 4.69) is 31.0 Å². The highest BCUT2D eigenvalue weighted by Gasteiger charge is 2.08. The highest BCUT2D eigenvalue weighted by atomic mass is 79.9. The van der Waals surface area contributed by atoms with Gasteiger partial charge < -0.3 is 10.1 Å². The highest BCUT2D eigenvalue weighted by molar-refractivity contribution is 9.10. The van der Waals surface area contributed by atoms with Crippen LogP contribution in [-0.2, 0) is 16.0 Å². The molecule has 0 fully saturated rings. The molecule has 0 aliphatic carbocycles. The third-order valence-electron chi connectivity index (χ3n) is 2.55. The molecule has 0 radical (unpaired) electrons. The van der Waals surface area contributed by atoms with Gasteiger partial charge in [0.15, 0.2) is 5.13 Å². The van der Waals surface area contributed by atoms with Crippen LogP contribution in [0.2, 0.25) is 0 Å². The van der Waals surface area contributed by atoms with Gasteiger partial charge in [-0.1, -0.05) is 22.0 Å². The van der Waals surface area contributed by atoms with Gasteiger partial charge in [-0.3, -0.25) is 4.79 Å². The second-order valence-corrected chi connectivity index (χ2v) is 5.75. The van der Waals surface area contributed by atoms with Crippen molar-refractivity contribution in [2.75, 3.05) is 12.4 Å². The zero-order valence-corrected chi connectivity index (χ0v) is 13.0. The molecule has 0 aliphatic heterocycles. The van der Waals surface area contributed by atoms with E-state index < -0.39 is 0 Å². The Labute approximate surface area is 124 Å². The topological polar surface area (TPSA) is 51.2 Å². The third-order valence-corrected chi connectivity index (χ3v) is 3.85. The van der Waals surface area contributed by atoms with Crippen LogP contribution in [0.3, 0.4) is 0 Å². The maximum atomic E-state index is 11.2. The van der Waals surface area contributed by atoms with Crippen molar-refractivity contribution in [1.29, 1.82) is 0 Å². The molecule has 0 saturated carbocycles. The van der Waals surface area contributed by atoms with E-state index in [0.29, 0.717) is 5.69 Å². The van der Waals surface area contributed by atoms with Crippen molar-refractivity contribution in [2.45, 2.75) is 13.3 Å². The van der Waals surface area contributed by atoms with Gasteiger partial charge in [0.25, 0.3) is 0 Å². The summed E-state index contributed by atoms with van der Waals surface area (Å²) in [5.74, 6) is -0.282. The van der Waals surface area contributed by atoms with Gasteiger partial charge in [0.05, 0.1) is 19.2 Å². The van der Waals surface area contributed by atoms with E-state index in [0.717, 1.165) is 20.9 Å². The number of halogens is 1. The molecule has 100 valence electrons. The summed E-state index contributed by atoms with van der Waals surface area (Å²) in [4.78, 5) is 15.5. The lowest BCUT2D eigenvalue weighted by atomic mass is 10.2. The van der Waals surface area contributed by atoms with Gasteiger partial charge in [-0.05, 0) is 24.6 Å². The van der Waals surface area contributed by atoms with Gasteiger partial charge in [-0.2, -0.15) is 0 Å². The molecule has 2 rings (SSSR count). The van der Waals surface area contributed by atoms with Gasteiger partial charge in [0.2, 0.25) is 0 Å². The second-order valence-electron chi connectivity index (χ2n) is 3.98. The number of esters is 1.